The molecule has 140 valence electrons. The van der Waals surface area contributed by atoms with Crippen molar-refractivity contribution in [2.75, 3.05) is 19.3 Å². The number of nitrogens with zero attached hydrogens (tertiary/aromatic N) is 3. The molecule has 2 aliphatic heterocycles. The average Bonchev–Trinajstić information content (AvgIpc) is 3.22. The van der Waals surface area contributed by atoms with Crippen LogP contribution in [0.2, 0.25) is 0 Å². The summed E-state index contributed by atoms with van der Waals surface area (Å²) >= 11 is 1.47. The minimum Gasteiger partial charge on any atom is -0.245 e. The molecular weight excluding hydrogens is 394 g/mol. The Kier molecular flexibility index (Phi) is 4.05. The summed E-state index contributed by atoms with van der Waals surface area (Å²) in [6.45, 7) is 2.44. The van der Waals surface area contributed by atoms with Gasteiger partial charge in [0.2, 0.25) is 20.0 Å². The molecule has 0 bridgehead atoms. The third kappa shape index (κ3) is 2.63. The monoisotopic (exact) mass is 413 g/mol. The first kappa shape index (κ1) is 18.1. The van der Waals surface area contributed by atoms with Gasteiger partial charge in [-0.2, -0.15) is 8.61 Å². The zero-order valence-electron chi connectivity index (χ0n) is 14.4. The van der Waals surface area contributed by atoms with Crippen LogP contribution in [0, 0.1) is 6.92 Å². The Balaban J connectivity index is 1.85. The van der Waals surface area contributed by atoms with Crippen LogP contribution in [0.4, 0.5) is 0 Å². The summed E-state index contributed by atoms with van der Waals surface area (Å²) in [6, 6.07) is 6.90. The van der Waals surface area contributed by atoms with Gasteiger partial charge in [0, 0.05) is 18.5 Å². The lowest BCUT2D eigenvalue weighted by molar-refractivity contribution is 0.202. The van der Waals surface area contributed by atoms with Crippen LogP contribution in [-0.2, 0) is 32.1 Å². The lowest BCUT2D eigenvalue weighted by Gasteiger charge is -2.33. The SMILES string of the molecule is Cc1nc(CN2[C@@]3(CCN(S(C)(=O)=O)C3)c3ccccc3S2(=O)=O)cs1. The van der Waals surface area contributed by atoms with Crippen LogP contribution in [0.1, 0.15) is 22.7 Å². The van der Waals surface area contributed by atoms with Crippen molar-refractivity contribution in [3.05, 3.63) is 45.9 Å². The molecule has 0 aliphatic carbocycles. The van der Waals surface area contributed by atoms with Gasteiger partial charge in [0.25, 0.3) is 0 Å². The Morgan fingerprint density at radius 2 is 2.04 bits per heavy atom. The van der Waals surface area contributed by atoms with Crippen LogP contribution in [0.5, 0.6) is 0 Å². The van der Waals surface area contributed by atoms with Gasteiger partial charge in [-0.15, -0.1) is 11.3 Å². The number of benzene rings is 1. The molecule has 0 saturated carbocycles. The van der Waals surface area contributed by atoms with Crippen molar-refractivity contribution in [3.63, 3.8) is 0 Å². The predicted molar refractivity (Wildman–Crippen MR) is 98.7 cm³/mol. The summed E-state index contributed by atoms with van der Waals surface area (Å²) in [5.74, 6) is 0. The topological polar surface area (TPSA) is 87.7 Å². The second-order valence-corrected chi connectivity index (χ2v) is 11.6. The largest absolute Gasteiger partial charge is 0.245 e. The van der Waals surface area contributed by atoms with Gasteiger partial charge >= 0.3 is 0 Å². The molecule has 26 heavy (non-hydrogen) atoms. The summed E-state index contributed by atoms with van der Waals surface area (Å²) in [5, 5.41) is 2.72. The molecule has 0 unspecified atom stereocenters. The van der Waals surface area contributed by atoms with Crippen LogP contribution >= 0.6 is 11.3 Å². The van der Waals surface area contributed by atoms with Gasteiger partial charge in [0.05, 0.1) is 33.9 Å². The molecule has 10 heteroatoms. The molecule has 2 aliphatic rings. The first-order chi connectivity index (χ1) is 12.1. The molecule has 1 fully saturated rings. The zero-order chi connectivity index (χ0) is 18.7. The normalized spacial score (nSPS) is 25.8. The van der Waals surface area contributed by atoms with E-state index in [1.165, 1.54) is 19.9 Å². The quantitative estimate of drug-likeness (QED) is 0.761. The van der Waals surface area contributed by atoms with Crippen molar-refractivity contribution < 1.29 is 16.8 Å². The first-order valence-electron chi connectivity index (χ1n) is 8.13. The number of hydrogen-bond acceptors (Lipinski definition) is 6. The maximum atomic E-state index is 13.2. The average molecular weight is 414 g/mol. The Labute approximate surface area is 157 Å². The van der Waals surface area contributed by atoms with E-state index >= 15 is 0 Å². The number of hydrogen-bond donors (Lipinski definition) is 0. The second kappa shape index (κ2) is 5.83. The number of thiazole rings is 1. The zero-order valence-corrected chi connectivity index (χ0v) is 16.9. The van der Waals surface area contributed by atoms with Gasteiger partial charge in [-0.05, 0) is 25.0 Å². The van der Waals surface area contributed by atoms with E-state index in [-0.39, 0.29) is 18.0 Å². The lowest BCUT2D eigenvalue weighted by Crippen LogP contribution is -2.46. The minimum absolute atomic E-state index is 0.130. The smallest absolute Gasteiger partial charge is 0.244 e. The maximum Gasteiger partial charge on any atom is 0.244 e. The molecule has 3 heterocycles. The molecule has 0 amide bonds. The Bertz CT molecular complexity index is 1080. The van der Waals surface area contributed by atoms with E-state index in [0.29, 0.717) is 24.2 Å². The van der Waals surface area contributed by atoms with Crippen molar-refractivity contribution in [3.8, 4) is 0 Å². The molecule has 0 radical (unpaired) electrons. The maximum absolute atomic E-state index is 13.2. The van der Waals surface area contributed by atoms with Gasteiger partial charge in [-0.3, -0.25) is 0 Å². The van der Waals surface area contributed by atoms with Crippen molar-refractivity contribution >= 4 is 31.4 Å². The van der Waals surface area contributed by atoms with E-state index in [1.54, 1.807) is 24.3 Å². The molecule has 1 aromatic carbocycles. The summed E-state index contributed by atoms with van der Waals surface area (Å²) in [5.41, 5.74) is 0.481. The molecule has 1 aromatic heterocycles. The Hall–Kier alpha value is -1.33. The van der Waals surface area contributed by atoms with E-state index in [1.807, 2.05) is 12.3 Å². The molecule has 1 spiro atoms. The third-order valence-corrected chi connectivity index (χ3v) is 9.13. The standard InChI is InChI=1S/C16H19N3O4S3/c1-12-17-13(10-24-12)9-19-16(7-8-18(11-16)25(2,20)21)14-5-3-4-6-15(14)26(19,22)23/h3-6,10H,7-9,11H2,1-2H3/t16-/m1/s1. The van der Waals surface area contributed by atoms with Gasteiger partial charge in [-0.25, -0.2) is 21.8 Å². The molecule has 1 saturated heterocycles. The van der Waals surface area contributed by atoms with Crippen molar-refractivity contribution in [1.82, 2.24) is 13.6 Å². The molecule has 4 rings (SSSR count). The van der Waals surface area contributed by atoms with Gasteiger partial charge in [0.1, 0.15) is 0 Å². The highest BCUT2D eigenvalue weighted by molar-refractivity contribution is 7.89. The predicted octanol–water partition coefficient (Wildman–Crippen LogP) is 1.52. The van der Waals surface area contributed by atoms with E-state index in [9.17, 15) is 16.8 Å². The van der Waals surface area contributed by atoms with Gasteiger partial charge < -0.3 is 0 Å². The van der Waals surface area contributed by atoms with Crippen LogP contribution < -0.4 is 0 Å². The fraction of sp³-hybridized carbons (Fsp3) is 0.438. The van der Waals surface area contributed by atoms with Crippen molar-refractivity contribution in [2.45, 2.75) is 30.3 Å². The molecular formula is C16H19N3O4S3. The Morgan fingerprint density at radius 3 is 2.65 bits per heavy atom. The number of aryl methyl sites for hydroxylation is 1. The molecule has 2 aromatic rings. The fourth-order valence-electron chi connectivity index (χ4n) is 3.89. The van der Waals surface area contributed by atoms with Crippen LogP contribution in [0.3, 0.4) is 0 Å². The highest BCUT2D eigenvalue weighted by Crippen LogP contribution is 2.50. The molecule has 0 N–H and O–H groups in total. The van der Waals surface area contributed by atoms with E-state index in [0.717, 1.165) is 11.3 Å². The number of fused-ring (bicyclic) bond motifs is 2. The molecule has 1 atom stereocenters. The van der Waals surface area contributed by atoms with E-state index in [2.05, 4.69) is 4.98 Å². The highest BCUT2D eigenvalue weighted by atomic mass is 32.2. The minimum atomic E-state index is -3.72. The summed E-state index contributed by atoms with van der Waals surface area (Å²) in [7, 11) is -7.12. The van der Waals surface area contributed by atoms with Gasteiger partial charge in [0.15, 0.2) is 0 Å². The number of rotatable bonds is 3. The Morgan fingerprint density at radius 1 is 1.31 bits per heavy atom. The fourth-order valence-corrected chi connectivity index (χ4v) is 7.40. The lowest BCUT2D eigenvalue weighted by atomic mass is 9.89. The first-order valence-corrected chi connectivity index (χ1v) is 12.3. The van der Waals surface area contributed by atoms with Crippen LogP contribution in [-0.4, -0.2) is 49.8 Å². The highest BCUT2D eigenvalue weighted by Gasteiger charge is 2.57. The second-order valence-electron chi connectivity index (χ2n) is 6.74. The van der Waals surface area contributed by atoms with E-state index in [4.69, 9.17) is 0 Å². The number of aromatic nitrogens is 1. The number of sulfonamides is 2. The molecule has 7 nitrogen and oxygen atoms in total. The van der Waals surface area contributed by atoms with Crippen LogP contribution in [0.25, 0.3) is 0 Å². The van der Waals surface area contributed by atoms with Crippen molar-refractivity contribution in [2.24, 2.45) is 0 Å². The summed E-state index contributed by atoms with van der Waals surface area (Å²) in [4.78, 5) is 4.67. The third-order valence-electron chi connectivity index (χ3n) is 5.09. The van der Waals surface area contributed by atoms with Crippen molar-refractivity contribution in [1.29, 1.82) is 0 Å². The van der Waals surface area contributed by atoms with Crippen LogP contribution in [0.15, 0.2) is 34.5 Å². The van der Waals surface area contributed by atoms with E-state index < -0.39 is 25.6 Å². The summed E-state index contributed by atoms with van der Waals surface area (Å²) in [6.07, 6.45) is 1.59. The van der Waals surface area contributed by atoms with Gasteiger partial charge in [-0.1, -0.05) is 18.2 Å². The summed E-state index contributed by atoms with van der Waals surface area (Å²) < 4.78 is 53.4.